The first-order valence-electron chi connectivity index (χ1n) is 6.54. The van der Waals surface area contributed by atoms with Crippen LogP contribution in [0.15, 0.2) is 9.32 Å². The van der Waals surface area contributed by atoms with Gasteiger partial charge < -0.3 is 9.42 Å². The van der Waals surface area contributed by atoms with Crippen LogP contribution in [0.4, 0.5) is 19.0 Å². The van der Waals surface area contributed by atoms with Crippen molar-refractivity contribution in [1.82, 2.24) is 5.16 Å². The quantitative estimate of drug-likeness (QED) is 0.858. The summed E-state index contributed by atoms with van der Waals surface area (Å²) in [6.07, 6.45) is 1.19. The third-order valence-corrected chi connectivity index (χ3v) is 3.39. The van der Waals surface area contributed by atoms with Crippen molar-refractivity contribution in [3.8, 4) is 0 Å². The average molecular weight is 278 g/mol. The summed E-state index contributed by atoms with van der Waals surface area (Å²) in [7, 11) is 0. The van der Waals surface area contributed by atoms with Crippen LogP contribution in [-0.2, 0) is 6.18 Å². The molecular formula is C12H17F3N2O2. The van der Waals surface area contributed by atoms with Crippen molar-refractivity contribution in [3.63, 3.8) is 0 Å². The van der Waals surface area contributed by atoms with E-state index in [9.17, 15) is 18.0 Å². The van der Waals surface area contributed by atoms with E-state index in [4.69, 9.17) is 0 Å². The highest BCUT2D eigenvalue weighted by molar-refractivity contribution is 5.46. The molecule has 1 fully saturated rings. The first-order chi connectivity index (χ1) is 9.00. The van der Waals surface area contributed by atoms with Crippen LogP contribution in [0, 0.1) is 0 Å². The molecule has 0 aliphatic carbocycles. The van der Waals surface area contributed by atoms with Crippen LogP contribution in [0.1, 0.15) is 44.1 Å². The maximum absolute atomic E-state index is 12.9. The Kier molecular flexibility index (Phi) is 4.21. The molecule has 0 radical (unpaired) electrons. The summed E-state index contributed by atoms with van der Waals surface area (Å²) in [6, 6.07) is 0. The van der Waals surface area contributed by atoms with Gasteiger partial charge in [-0.05, 0) is 12.8 Å². The topological polar surface area (TPSA) is 49.2 Å². The first-order valence-corrected chi connectivity index (χ1v) is 6.54. The van der Waals surface area contributed by atoms with Gasteiger partial charge in [-0.25, -0.2) is 9.95 Å². The molecular weight excluding hydrogens is 261 g/mol. The number of hydrogen-bond acceptors (Lipinski definition) is 3. The van der Waals surface area contributed by atoms with Crippen LogP contribution in [0.3, 0.4) is 0 Å². The zero-order valence-corrected chi connectivity index (χ0v) is 10.6. The highest BCUT2D eigenvalue weighted by atomic mass is 19.4. The van der Waals surface area contributed by atoms with Gasteiger partial charge in [-0.1, -0.05) is 25.7 Å². The van der Waals surface area contributed by atoms with Crippen LogP contribution in [-0.4, -0.2) is 18.2 Å². The Morgan fingerprint density at radius 3 is 2.05 bits per heavy atom. The second kappa shape index (κ2) is 5.71. The van der Waals surface area contributed by atoms with Gasteiger partial charge in [-0.3, -0.25) is 0 Å². The Balaban J connectivity index is 2.26. The van der Waals surface area contributed by atoms with Gasteiger partial charge in [0.25, 0.3) is 0 Å². The van der Waals surface area contributed by atoms with Crippen molar-refractivity contribution in [2.24, 2.45) is 0 Å². The van der Waals surface area contributed by atoms with Gasteiger partial charge in [-0.15, -0.1) is 0 Å². The Morgan fingerprint density at radius 1 is 1.00 bits per heavy atom. The van der Waals surface area contributed by atoms with E-state index in [0.717, 1.165) is 38.5 Å². The third kappa shape index (κ3) is 3.33. The van der Waals surface area contributed by atoms with Crippen molar-refractivity contribution < 1.29 is 17.7 Å². The van der Waals surface area contributed by atoms with Crippen LogP contribution in [0.2, 0.25) is 0 Å². The van der Waals surface area contributed by atoms with Gasteiger partial charge in [0.1, 0.15) is 0 Å². The highest BCUT2D eigenvalue weighted by Crippen LogP contribution is 2.33. The minimum Gasteiger partial charge on any atom is -0.355 e. The van der Waals surface area contributed by atoms with Crippen molar-refractivity contribution in [2.75, 3.05) is 18.0 Å². The molecule has 1 aliphatic rings. The van der Waals surface area contributed by atoms with Gasteiger partial charge in [0, 0.05) is 13.1 Å². The van der Waals surface area contributed by atoms with Gasteiger partial charge >= 0.3 is 11.8 Å². The molecule has 2 heterocycles. The standard InChI is InChI=1S/C12H17F3N2O2/c13-12(14,15)9-10(16-19-11(9)18)17-7-5-3-1-2-4-6-8-17/h16H,1-8H2. The zero-order valence-electron chi connectivity index (χ0n) is 10.6. The largest absolute Gasteiger partial charge is 0.427 e. The zero-order chi connectivity index (χ0) is 13.9. The fraction of sp³-hybridized carbons (Fsp3) is 0.750. The summed E-state index contributed by atoms with van der Waals surface area (Å²) in [6.45, 7) is 1.02. The summed E-state index contributed by atoms with van der Waals surface area (Å²) in [4.78, 5) is 12.8. The van der Waals surface area contributed by atoms with Crippen molar-refractivity contribution >= 4 is 5.82 Å². The minimum atomic E-state index is -4.69. The molecule has 0 atom stereocenters. The Labute approximate surface area is 108 Å². The molecule has 0 amide bonds. The Morgan fingerprint density at radius 2 is 1.53 bits per heavy atom. The Hall–Kier alpha value is -1.40. The molecule has 0 saturated carbocycles. The molecule has 1 aromatic heterocycles. The van der Waals surface area contributed by atoms with Gasteiger partial charge in [0.2, 0.25) is 0 Å². The van der Waals surface area contributed by atoms with Crippen LogP contribution in [0.25, 0.3) is 0 Å². The number of nitrogens with one attached hydrogen (secondary N) is 1. The predicted octanol–water partition coefficient (Wildman–Crippen LogP) is 3.15. The van der Waals surface area contributed by atoms with Crippen LogP contribution >= 0.6 is 0 Å². The molecule has 0 aromatic carbocycles. The fourth-order valence-electron chi connectivity index (χ4n) is 2.41. The van der Waals surface area contributed by atoms with E-state index in [1.807, 2.05) is 0 Å². The molecule has 0 bridgehead atoms. The molecule has 0 unspecified atom stereocenters. The minimum absolute atomic E-state index is 0.223. The molecule has 1 aliphatic heterocycles. The number of aromatic nitrogens is 1. The second-order valence-electron chi connectivity index (χ2n) is 4.82. The summed E-state index contributed by atoms with van der Waals surface area (Å²) in [5.74, 6) is -0.223. The first kappa shape index (κ1) is 14.0. The predicted molar refractivity (Wildman–Crippen MR) is 64.2 cm³/mol. The van der Waals surface area contributed by atoms with E-state index in [1.54, 1.807) is 4.90 Å². The number of aromatic amines is 1. The van der Waals surface area contributed by atoms with Gasteiger partial charge in [0.15, 0.2) is 11.4 Å². The molecule has 1 saturated heterocycles. The number of H-pyrrole nitrogens is 1. The number of anilines is 1. The van der Waals surface area contributed by atoms with E-state index < -0.39 is 17.4 Å². The number of halogens is 3. The normalized spacial score (nSPS) is 18.8. The molecule has 2 rings (SSSR count). The smallest absolute Gasteiger partial charge is 0.355 e. The highest BCUT2D eigenvalue weighted by Gasteiger charge is 2.41. The van der Waals surface area contributed by atoms with Crippen LogP contribution < -0.4 is 10.5 Å². The summed E-state index contributed by atoms with van der Waals surface area (Å²) in [5.41, 5.74) is -2.56. The number of nitrogens with zero attached hydrogens (tertiary/aromatic N) is 1. The lowest BCUT2D eigenvalue weighted by Crippen LogP contribution is -2.29. The molecule has 1 aromatic rings. The number of alkyl halides is 3. The van der Waals surface area contributed by atoms with Crippen molar-refractivity contribution in [3.05, 3.63) is 16.0 Å². The molecule has 19 heavy (non-hydrogen) atoms. The average Bonchev–Trinajstić information content (AvgIpc) is 2.75. The summed E-state index contributed by atoms with van der Waals surface area (Å²) < 4.78 is 42.9. The van der Waals surface area contributed by atoms with Gasteiger partial charge in [0.05, 0.1) is 0 Å². The lowest BCUT2D eigenvalue weighted by Gasteiger charge is -2.23. The maximum atomic E-state index is 12.9. The monoisotopic (exact) mass is 278 g/mol. The van der Waals surface area contributed by atoms with Gasteiger partial charge in [-0.2, -0.15) is 13.2 Å². The Bertz CT molecular complexity index is 454. The number of hydrogen-bond donors (Lipinski definition) is 1. The number of rotatable bonds is 1. The second-order valence-corrected chi connectivity index (χ2v) is 4.82. The third-order valence-electron chi connectivity index (χ3n) is 3.39. The lowest BCUT2D eigenvalue weighted by atomic mass is 10.1. The molecule has 108 valence electrons. The maximum Gasteiger partial charge on any atom is 0.427 e. The lowest BCUT2D eigenvalue weighted by molar-refractivity contribution is -0.138. The van der Waals surface area contributed by atoms with E-state index >= 15 is 0 Å². The molecule has 1 N–H and O–H groups in total. The SMILES string of the molecule is O=c1o[nH]c(N2CCCCCCCC2)c1C(F)(F)F. The van der Waals surface area contributed by atoms with E-state index in [2.05, 4.69) is 9.68 Å². The molecule has 0 spiro atoms. The molecule has 7 heteroatoms. The van der Waals surface area contributed by atoms with E-state index in [0.29, 0.717) is 13.1 Å². The fourth-order valence-corrected chi connectivity index (χ4v) is 2.41. The van der Waals surface area contributed by atoms with E-state index in [-0.39, 0.29) is 5.82 Å². The van der Waals surface area contributed by atoms with Crippen LogP contribution in [0.5, 0.6) is 0 Å². The summed E-state index contributed by atoms with van der Waals surface area (Å²) >= 11 is 0. The summed E-state index contributed by atoms with van der Waals surface area (Å²) in [5, 5.41) is 2.14. The van der Waals surface area contributed by atoms with Crippen molar-refractivity contribution in [1.29, 1.82) is 0 Å². The van der Waals surface area contributed by atoms with E-state index in [1.165, 1.54) is 0 Å². The molecule has 4 nitrogen and oxygen atoms in total. The van der Waals surface area contributed by atoms with Crippen molar-refractivity contribution in [2.45, 2.75) is 44.7 Å².